The topological polar surface area (TPSA) is 103 Å². The molecule has 0 bridgehead atoms. The maximum absolute atomic E-state index is 12.6. The second-order valence-corrected chi connectivity index (χ2v) is 7.66. The Bertz CT molecular complexity index is 932. The number of sulfonamides is 1. The molecule has 1 amide bonds. The predicted octanol–water partition coefficient (Wildman–Crippen LogP) is 2.81. The first-order valence-corrected chi connectivity index (χ1v) is 10.8. The van der Waals surface area contributed by atoms with Crippen molar-refractivity contribution in [3.63, 3.8) is 0 Å². The normalized spacial score (nSPS) is 11.0. The third kappa shape index (κ3) is 5.85. The molecule has 9 heteroatoms. The van der Waals surface area contributed by atoms with Gasteiger partial charge in [0.05, 0.1) is 24.7 Å². The van der Waals surface area contributed by atoms with Crippen molar-refractivity contribution in [3.05, 3.63) is 47.5 Å². The zero-order chi connectivity index (χ0) is 21.4. The fourth-order valence-electron chi connectivity index (χ4n) is 2.55. The van der Waals surface area contributed by atoms with Gasteiger partial charge in [-0.3, -0.25) is 10.2 Å². The van der Waals surface area contributed by atoms with Gasteiger partial charge in [0.15, 0.2) is 11.5 Å². The number of aryl methyl sites for hydroxylation is 1. The molecule has 0 heterocycles. The highest BCUT2D eigenvalue weighted by molar-refractivity contribution is 7.89. The van der Waals surface area contributed by atoms with Gasteiger partial charge in [-0.1, -0.05) is 12.1 Å². The number of hydrogen-bond acceptors (Lipinski definition) is 6. The Hall–Kier alpha value is -2.78. The van der Waals surface area contributed by atoms with E-state index in [1.54, 1.807) is 32.9 Å². The Kier molecular flexibility index (Phi) is 7.86. The number of benzene rings is 2. The van der Waals surface area contributed by atoms with Gasteiger partial charge in [0.2, 0.25) is 5.75 Å². The minimum Gasteiger partial charge on any atom is -0.490 e. The predicted molar refractivity (Wildman–Crippen MR) is 109 cm³/mol. The summed E-state index contributed by atoms with van der Waals surface area (Å²) in [6.07, 6.45) is 0. The number of nitrogens with one attached hydrogen (secondary N) is 2. The second-order valence-electron chi connectivity index (χ2n) is 5.98. The molecule has 0 saturated carbocycles. The highest BCUT2D eigenvalue weighted by Gasteiger charge is 2.20. The van der Waals surface area contributed by atoms with E-state index in [0.29, 0.717) is 37.1 Å². The highest BCUT2D eigenvalue weighted by Crippen LogP contribution is 2.39. The number of carbonyl (C=O) groups is 1. The summed E-state index contributed by atoms with van der Waals surface area (Å²) in [6.45, 7) is 8.32. The second kappa shape index (κ2) is 10.1. The van der Waals surface area contributed by atoms with E-state index in [0.717, 1.165) is 5.56 Å². The van der Waals surface area contributed by atoms with Gasteiger partial charge >= 0.3 is 0 Å². The van der Waals surface area contributed by atoms with E-state index in [-0.39, 0.29) is 10.5 Å². The van der Waals surface area contributed by atoms with Crippen LogP contribution in [-0.2, 0) is 10.0 Å². The Morgan fingerprint density at radius 1 is 0.931 bits per heavy atom. The molecular weight excluding hydrogens is 396 g/mol. The van der Waals surface area contributed by atoms with Crippen LogP contribution < -0.4 is 24.5 Å². The molecule has 8 nitrogen and oxygen atoms in total. The zero-order valence-corrected chi connectivity index (χ0v) is 17.8. The van der Waals surface area contributed by atoms with Crippen molar-refractivity contribution < 1.29 is 27.4 Å². The SMILES string of the molecule is CCOc1cc(C(=O)NNS(=O)(=O)c2cccc(C)c2)cc(OCC)c1OCC. The highest BCUT2D eigenvalue weighted by atomic mass is 32.2. The summed E-state index contributed by atoms with van der Waals surface area (Å²) in [6, 6.07) is 9.31. The average molecular weight is 423 g/mol. The van der Waals surface area contributed by atoms with Crippen LogP contribution in [0.5, 0.6) is 17.2 Å². The van der Waals surface area contributed by atoms with Crippen molar-refractivity contribution in [1.82, 2.24) is 10.3 Å². The lowest BCUT2D eigenvalue weighted by Gasteiger charge is -2.17. The van der Waals surface area contributed by atoms with Gasteiger partial charge in [0.25, 0.3) is 15.9 Å². The number of amides is 1. The van der Waals surface area contributed by atoms with E-state index in [1.807, 2.05) is 6.92 Å². The smallest absolute Gasteiger partial charge is 0.266 e. The quantitative estimate of drug-likeness (QED) is 0.571. The van der Waals surface area contributed by atoms with E-state index in [2.05, 4.69) is 10.3 Å². The number of hydrogen-bond donors (Lipinski definition) is 2. The van der Waals surface area contributed by atoms with Crippen molar-refractivity contribution in [2.24, 2.45) is 0 Å². The first-order valence-electron chi connectivity index (χ1n) is 9.27. The summed E-state index contributed by atoms with van der Waals surface area (Å²) >= 11 is 0. The van der Waals surface area contributed by atoms with Crippen LogP contribution >= 0.6 is 0 Å². The van der Waals surface area contributed by atoms with Gasteiger partial charge in [0.1, 0.15) is 0 Å². The molecule has 0 saturated heterocycles. The first-order chi connectivity index (χ1) is 13.8. The minimum atomic E-state index is -3.91. The molecule has 29 heavy (non-hydrogen) atoms. The van der Waals surface area contributed by atoms with Crippen molar-refractivity contribution in [2.75, 3.05) is 19.8 Å². The van der Waals surface area contributed by atoms with Crippen molar-refractivity contribution in [1.29, 1.82) is 0 Å². The number of ether oxygens (including phenoxy) is 3. The lowest BCUT2D eigenvalue weighted by molar-refractivity contribution is 0.0944. The Morgan fingerprint density at radius 2 is 1.52 bits per heavy atom. The molecule has 2 rings (SSSR count). The number of carbonyl (C=O) groups excluding carboxylic acids is 1. The molecule has 2 N–H and O–H groups in total. The Balaban J connectivity index is 2.27. The molecule has 2 aromatic rings. The molecule has 0 aliphatic rings. The third-order valence-corrected chi connectivity index (χ3v) is 5.02. The third-order valence-electron chi connectivity index (χ3n) is 3.77. The molecule has 2 aromatic carbocycles. The molecule has 0 aliphatic heterocycles. The summed E-state index contributed by atoms with van der Waals surface area (Å²) in [7, 11) is -3.91. The maximum atomic E-state index is 12.6. The molecule has 0 aromatic heterocycles. The van der Waals surface area contributed by atoms with Crippen molar-refractivity contribution in [3.8, 4) is 17.2 Å². The summed E-state index contributed by atoms with van der Waals surface area (Å²) in [5, 5.41) is 0. The minimum absolute atomic E-state index is 0.0505. The van der Waals surface area contributed by atoms with Crippen LogP contribution in [0.2, 0.25) is 0 Å². The van der Waals surface area contributed by atoms with Crippen LogP contribution in [0.25, 0.3) is 0 Å². The van der Waals surface area contributed by atoms with E-state index in [4.69, 9.17) is 14.2 Å². The fourth-order valence-corrected chi connectivity index (χ4v) is 3.49. The zero-order valence-electron chi connectivity index (χ0n) is 16.9. The van der Waals surface area contributed by atoms with Crippen LogP contribution in [0.3, 0.4) is 0 Å². The van der Waals surface area contributed by atoms with Gasteiger partial charge in [-0.2, -0.15) is 0 Å². The van der Waals surface area contributed by atoms with Crippen LogP contribution in [0, 0.1) is 6.92 Å². The van der Waals surface area contributed by atoms with E-state index < -0.39 is 15.9 Å². The van der Waals surface area contributed by atoms with Crippen molar-refractivity contribution >= 4 is 15.9 Å². The summed E-state index contributed by atoms with van der Waals surface area (Å²) in [5.41, 5.74) is 3.16. The fraction of sp³-hybridized carbons (Fsp3) is 0.350. The standard InChI is InChI=1S/C20H26N2O6S/c1-5-26-17-12-15(13-18(27-6-2)19(17)28-7-3)20(23)21-22-29(24,25)16-10-8-9-14(4)11-16/h8-13,22H,5-7H2,1-4H3,(H,21,23). The van der Waals surface area contributed by atoms with Crippen LogP contribution in [0.1, 0.15) is 36.7 Å². The maximum Gasteiger partial charge on any atom is 0.266 e. The molecule has 0 radical (unpaired) electrons. The monoisotopic (exact) mass is 422 g/mol. The molecule has 0 aliphatic carbocycles. The summed E-state index contributed by atoms with van der Waals surface area (Å²) in [4.78, 5) is 14.7. The van der Waals surface area contributed by atoms with Gasteiger partial charge < -0.3 is 14.2 Å². The van der Waals surface area contributed by atoms with Gasteiger partial charge in [0, 0.05) is 5.56 Å². The van der Waals surface area contributed by atoms with Crippen LogP contribution in [0.4, 0.5) is 0 Å². The Labute approximate surface area is 171 Å². The number of rotatable bonds is 10. The van der Waals surface area contributed by atoms with Crippen LogP contribution in [-0.4, -0.2) is 34.1 Å². The molecule has 158 valence electrons. The van der Waals surface area contributed by atoms with E-state index in [1.165, 1.54) is 24.3 Å². The molecule has 0 spiro atoms. The van der Waals surface area contributed by atoms with Crippen molar-refractivity contribution in [2.45, 2.75) is 32.6 Å². The molecular formula is C20H26N2O6S. The molecule has 0 unspecified atom stereocenters. The van der Waals surface area contributed by atoms with Gasteiger partial charge in [-0.15, -0.1) is 4.83 Å². The summed E-state index contributed by atoms with van der Waals surface area (Å²) in [5.74, 6) is 0.415. The van der Waals surface area contributed by atoms with Gasteiger partial charge in [-0.25, -0.2) is 8.42 Å². The van der Waals surface area contributed by atoms with E-state index in [9.17, 15) is 13.2 Å². The summed E-state index contributed by atoms with van der Waals surface area (Å²) < 4.78 is 41.5. The first kappa shape index (κ1) is 22.5. The number of hydrazine groups is 1. The Morgan fingerprint density at radius 3 is 2.03 bits per heavy atom. The van der Waals surface area contributed by atoms with Gasteiger partial charge in [-0.05, 0) is 57.5 Å². The largest absolute Gasteiger partial charge is 0.490 e. The van der Waals surface area contributed by atoms with E-state index >= 15 is 0 Å². The lowest BCUT2D eigenvalue weighted by Crippen LogP contribution is -2.41. The average Bonchev–Trinajstić information content (AvgIpc) is 2.69. The molecule has 0 fully saturated rings. The molecule has 0 atom stereocenters. The van der Waals surface area contributed by atoms with Crippen LogP contribution in [0.15, 0.2) is 41.3 Å². The lowest BCUT2D eigenvalue weighted by atomic mass is 10.1.